The van der Waals surface area contributed by atoms with Crippen molar-refractivity contribution in [3.05, 3.63) is 24.3 Å². The molecule has 2 rings (SSSR count). The highest BCUT2D eigenvalue weighted by molar-refractivity contribution is 8.13. The van der Waals surface area contributed by atoms with E-state index < -0.39 is 9.05 Å². The van der Waals surface area contributed by atoms with Crippen LogP contribution >= 0.6 is 10.7 Å². The van der Waals surface area contributed by atoms with Crippen LogP contribution in [0, 0.1) is 0 Å². The molecule has 21 heavy (non-hydrogen) atoms. The molecule has 0 atom stereocenters. The number of ether oxygens (including phenoxy) is 2. The van der Waals surface area contributed by atoms with Crippen LogP contribution in [0.3, 0.4) is 0 Å². The number of halogens is 1. The molecule has 9 heteroatoms. The third kappa shape index (κ3) is 3.52. The Hall–Kier alpha value is -1.64. The molecule has 0 radical (unpaired) electrons. The third-order valence-corrected chi connectivity index (χ3v) is 3.95. The van der Waals surface area contributed by atoms with Crippen LogP contribution in [-0.2, 0) is 20.3 Å². The number of hydrogen-bond donors (Lipinski definition) is 0. The molecule has 0 aliphatic rings. The fraction of sp³-hybridized carbons (Fsp3) is 0.333. The molecule has 0 bridgehead atoms. The van der Waals surface area contributed by atoms with Gasteiger partial charge in [0.05, 0.1) is 20.3 Å². The highest BCUT2D eigenvalue weighted by Crippen LogP contribution is 2.24. The van der Waals surface area contributed by atoms with Crippen LogP contribution in [0.4, 0.5) is 0 Å². The molecular weight excluding hydrogens is 318 g/mol. The summed E-state index contributed by atoms with van der Waals surface area (Å²) in [5, 5.41) is 7.28. The second kappa shape index (κ2) is 6.42. The van der Waals surface area contributed by atoms with Gasteiger partial charge in [-0.3, -0.25) is 4.57 Å². The van der Waals surface area contributed by atoms with E-state index in [0.717, 1.165) is 0 Å². The smallest absolute Gasteiger partial charge is 0.296 e. The Morgan fingerprint density at radius 1 is 1.19 bits per heavy atom. The van der Waals surface area contributed by atoms with E-state index >= 15 is 0 Å². The van der Waals surface area contributed by atoms with E-state index in [1.165, 1.54) is 11.7 Å². The number of aromatic nitrogens is 3. The van der Waals surface area contributed by atoms with Crippen LogP contribution in [0.25, 0.3) is 11.4 Å². The molecule has 114 valence electrons. The fourth-order valence-corrected chi connectivity index (χ4v) is 2.73. The van der Waals surface area contributed by atoms with Gasteiger partial charge in [-0.15, -0.1) is 10.2 Å². The lowest BCUT2D eigenvalue weighted by Crippen LogP contribution is -2.11. The van der Waals surface area contributed by atoms with Crippen molar-refractivity contribution in [2.24, 2.45) is 0 Å². The minimum atomic E-state index is -3.98. The average molecular weight is 332 g/mol. The Kier molecular flexibility index (Phi) is 4.81. The number of nitrogens with zero attached hydrogens (tertiary/aromatic N) is 3. The summed E-state index contributed by atoms with van der Waals surface area (Å²) in [7, 11) is 4.48. The van der Waals surface area contributed by atoms with Gasteiger partial charge in [-0.2, -0.15) is 0 Å². The maximum atomic E-state index is 11.5. The van der Waals surface area contributed by atoms with Gasteiger partial charge in [0.2, 0.25) is 0 Å². The van der Waals surface area contributed by atoms with Gasteiger partial charge in [0, 0.05) is 23.4 Å². The minimum absolute atomic E-state index is 0.270. The van der Waals surface area contributed by atoms with Crippen molar-refractivity contribution in [2.75, 3.05) is 20.8 Å². The van der Waals surface area contributed by atoms with Crippen molar-refractivity contribution in [1.82, 2.24) is 14.8 Å². The van der Waals surface area contributed by atoms with E-state index in [1.807, 2.05) is 0 Å². The predicted octanol–water partition coefficient (Wildman–Crippen LogP) is 1.53. The van der Waals surface area contributed by atoms with E-state index in [9.17, 15) is 8.42 Å². The van der Waals surface area contributed by atoms with E-state index in [4.69, 9.17) is 20.2 Å². The number of hydrogen-bond acceptors (Lipinski definition) is 6. The standard InChI is InChI=1S/C12H14ClN3O4S/c1-19-8-7-16-11(14-15-12(16)21(13,17)18)9-3-5-10(20-2)6-4-9/h3-6H,7-8H2,1-2H3. The molecule has 1 aromatic carbocycles. The van der Waals surface area contributed by atoms with E-state index in [2.05, 4.69) is 10.2 Å². The molecule has 0 saturated carbocycles. The first-order chi connectivity index (χ1) is 9.97. The van der Waals surface area contributed by atoms with Crippen molar-refractivity contribution in [3.8, 4) is 17.1 Å². The first-order valence-electron chi connectivity index (χ1n) is 5.98. The van der Waals surface area contributed by atoms with Crippen LogP contribution in [0.15, 0.2) is 29.4 Å². The highest BCUT2D eigenvalue weighted by Gasteiger charge is 2.23. The van der Waals surface area contributed by atoms with Crippen molar-refractivity contribution in [2.45, 2.75) is 11.7 Å². The SMILES string of the molecule is COCCn1c(-c2ccc(OC)cc2)nnc1S(=O)(=O)Cl. The van der Waals surface area contributed by atoms with Gasteiger partial charge in [-0.25, -0.2) is 8.42 Å². The first-order valence-corrected chi connectivity index (χ1v) is 8.29. The number of rotatable bonds is 6. The number of methoxy groups -OCH3 is 2. The lowest BCUT2D eigenvalue weighted by Gasteiger charge is -2.08. The van der Waals surface area contributed by atoms with Gasteiger partial charge in [-0.1, -0.05) is 0 Å². The zero-order valence-electron chi connectivity index (χ0n) is 11.5. The normalized spacial score (nSPS) is 11.6. The number of benzene rings is 1. The maximum absolute atomic E-state index is 11.5. The molecule has 0 fully saturated rings. The topological polar surface area (TPSA) is 83.3 Å². The second-order valence-corrected chi connectivity index (χ2v) is 6.58. The second-order valence-electron chi connectivity index (χ2n) is 4.12. The zero-order chi connectivity index (χ0) is 15.5. The highest BCUT2D eigenvalue weighted by atomic mass is 35.7. The molecule has 0 aliphatic carbocycles. The summed E-state index contributed by atoms with van der Waals surface area (Å²) in [5.74, 6) is 1.08. The molecule has 1 aromatic heterocycles. The molecule has 0 unspecified atom stereocenters. The van der Waals surface area contributed by atoms with Crippen LogP contribution in [0.2, 0.25) is 0 Å². The maximum Gasteiger partial charge on any atom is 0.296 e. The summed E-state index contributed by atoms with van der Waals surface area (Å²) in [6.07, 6.45) is 0. The van der Waals surface area contributed by atoms with Crippen LogP contribution in [0.1, 0.15) is 0 Å². The Balaban J connectivity index is 2.49. The van der Waals surface area contributed by atoms with Crippen molar-refractivity contribution in [3.63, 3.8) is 0 Å². The zero-order valence-corrected chi connectivity index (χ0v) is 13.1. The molecule has 0 saturated heterocycles. The Labute approximate surface area is 126 Å². The van der Waals surface area contributed by atoms with Gasteiger partial charge in [0.15, 0.2) is 5.82 Å². The predicted molar refractivity (Wildman–Crippen MR) is 76.9 cm³/mol. The Morgan fingerprint density at radius 3 is 2.38 bits per heavy atom. The average Bonchev–Trinajstić information content (AvgIpc) is 2.89. The summed E-state index contributed by atoms with van der Waals surface area (Å²) in [6, 6.07) is 7.02. The van der Waals surface area contributed by atoms with Crippen LogP contribution in [0.5, 0.6) is 5.75 Å². The summed E-state index contributed by atoms with van der Waals surface area (Å²) in [5.41, 5.74) is 0.700. The lowest BCUT2D eigenvalue weighted by molar-refractivity contribution is 0.185. The Bertz CT molecular complexity index is 713. The van der Waals surface area contributed by atoms with Gasteiger partial charge < -0.3 is 9.47 Å². The molecular formula is C12H14ClN3O4S. The summed E-state index contributed by atoms with van der Waals surface area (Å²) < 4.78 is 34.6. The monoisotopic (exact) mass is 331 g/mol. The molecule has 0 aliphatic heterocycles. The van der Waals surface area contributed by atoms with Crippen LogP contribution in [-0.4, -0.2) is 44.0 Å². The molecule has 1 heterocycles. The van der Waals surface area contributed by atoms with E-state index in [1.54, 1.807) is 31.4 Å². The van der Waals surface area contributed by atoms with E-state index in [-0.39, 0.29) is 11.7 Å². The molecule has 7 nitrogen and oxygen atoms in total. The van der Waals surface area contributed by atoms with Gasteiger partial charge in [0.1, 0.15) is 5.75 Å². The van der Waals surface area contributed by atoms with Gasteiger partial charge in [0.25, 0.3) is 14.2 Å². The first kappa shape index (κ1) is 15.7. The van der Waals surface area contributed by atoms with E-state index in [0.29, 0.717) is 23.7 Å². The van der Waals surface area contributed by atoms with Crippen molar-refractivity contribution < 1.29 is 17.9 Å². The Morgan fingerprint density at radius 2 is 1.86 bits per heavy atom. The van der Waals surface area contributed by atoms with Gasteiger partial charge in [-0.05, 0) is 24.3 Å². The van der Waals surface area contributed by atoms with Crippen molar-refractivity contribution in [1.29, 1.82) is 0 Å². The van der Waals surface area contributed by atoms with Crippen molar-refractivity contribution >= 4 is 19.7 Å². The molecule has 2 aromatic rings. The lowest BCUT2D eigenvalue weighted by atomic mass is 10.2. The molecule has 0 N–H and O–H groups in total. The summed E-state index contributed by atoms with van der Waals surface area (Å²) in [4.78, 5) is 0. The quantitative estimate of drug-likeness (QED) is 0.746. The molecule has 0 amide bonds. The third-order valence-electron chi connectivity index (χ3n) is 2.80. The largest absolute Gasteiger partial charge is 0.497 e. The summed E-state index contributed by atoms with van der Waals surface area (Å²) in [6.45, 7) is 0.576. The van der Waals surface area contributed by atoms with Crippen LogP contribution < -0.4 is 4.74 Å². The minimum Gasteiger partial charge on any atom is -0.497 e. The van der Waals surface area contributed by atoms with Gasteiger partial charge >= 0.3 is 0 Å². The fourth-order valence-electron chi connectivity index (χ4n) is 1.81. The summed E-state index contributed by atoms with van der Waals surface area (Å²) >= 11 is 0. The molecule has 0 spiro atoms.